The van der Waals surface area contributed by atoms with Crippen LogP contribution in [0.1, 0.15) is 0 Å². The minimum atomic E-state index is -3.51. The van der Waals surface area contributed by atoms with Crippen LogP contribution in [-0.2, 0) is 10.0 Å². The minimum Gasteiger partial charge on any atom is -0.262 e. The summed E-state index contributed by atoms with van der Waals surface area (Å²) in [5.74, 6) is 0. The van der Waals surface area contributed by atoms with E-state index in [1.165, 1.54) is 18.5 Å². The maximum Gasteiger partial charge on any atom is 0.242 e. The second kappa shape index (κ2) is 5.20. The molecule has 0 fully saturated rings. The molecule has 0 saturated carbocycles. The number of sulfonamides is 1. The Morgan fingerprint density at radius 1 is 1.53 bits per heavy atom. The second-order valence-electron chi connectivity index (χ2n) is 2.68. The van der Waals surface area contributed by atoms with Crippen LogP contribution in [0, 0.1) is 0 Å². The lowest BCUT2D eigenvalue weighted by molar-refractivity contribution is 0.585. The number of hydrogen-bond acceptors (Lipinski definition) is 3. The van der Waals surface area contributed by atoms with Gasteiger partial charge in [-0.15, -0.1) is 0 Å². The predicted molar refractivity (Wildman–Crippen MR) is 65.2 cm³/mol. The topological polar surface area (TPSA) is 59.1 Å². The highest BCUT2D eigenvalue weighted by Gasteiger charge is 2.13. The van der Waals surface area contributed by atoms with Crippen molar-refractivity contribution in [1.29, 1.82) is 0 Å². The third-order valence-electron chi connectivity index (χ3n) is 1.44. The number of rotatable bonds is 4. The first-order chi connectivity index (χ1) is 6.92. The molecule has 0 aliphatic rings. The Bertz CT molecular complexity index is 473. The monoisotopic (exact) mass is 354 g/mol. The highest BCUT2D eigenvalue weighted by molar-refractivity contribution is 9.11. The summed E-state index contributed by atoms with van der Waals surface area (Å²) < 4.78 is 26.9. The molecular formula is C8H8Br2N2O2S. The Hall–Kier alpha value is -0.240. The first-order valence-corrected chi connectivity index (χ1v) is 6.92. The maximum absolute atomic E-state index is 11.7. The van der Waals surface area contributed by atoms with Gasteiger partial charge in [-0.25, -0.2) is 13.1 Å². The van der Waals surface area contributed by atoms with E-state index >= 15 is 0 Å². The summed E-state index contributed by atoms with van der Waals surface area (Å²) in [7, 11) is -3.51. The van der Waals surface area contributed by atoms with Crippen molar-refractivity contribution in [1.82, 2.24) is 9.71 Å². The van der Waals surface area contributed by atoms with E-state index in [2.05, 4.69) is 48.1 Å². The predicted octanol–water partition coefficient (Wildman–Crippen LogP) is 2.03. The average Bonchev–Trinajstić information content (AvgIpc) is 2.15. The molecule has 4 nitrogen and oxygen atoms in total. The van der Waals surface area contributed by atoms with Gasteiger partial charge in [0.2, 0.25) is 10.0 Å². The van der Waals surface area contributed by atoms with Crippen LogP contribution in [-0.4, -0.2) is 19.9 Å². The summed E-state index contributed by atoms with van der Waals surface area (Å²) in [4.78, 5) is 3.89. The van der Waals surface area contributed by atoms with Crippen LogP contribution in [0.5, 0.6) is 0 Å². The fourth-order valence-corrected chi connectivity index (χ4v) is 2.65. The molecular weight excluding hydrogens is 348 g/mol. The van der Waals surface area contributed by atoms with E-state index < -0.39 is 10.0 Å². The smallest absolute Gasteiger partial charge is 0.242 e. The number of pyridine rings is 1. The maximum atomic E-state index is 11.7. The summed E-state index contributed by atoms with van der Waals surface area (Å²) in [6.07, 6.45) is 2.80. The lowest BCUT2D eigenvalue weighted by Gasteiger charge is -2.05. The van der Waals surface area contributed by atoms with Gasteiger partial charge in [-0.3, -0.25) is 4.98 Å². The fourth-order valence-electron chi connectivity index (χ4n) is 0.796. The molecule has 0 aliphatic carbocycles. The highest BCUT2D eigenvalue weighted by Crippen LogP contribution is 2.14. The van der Waals surface area contributed by atoms with Gasteiger partial charge in [0.1, 0.15) is 4.90 Å². The third kappa shape index (κ3) is 4.02. The first-order valence-electron chi connectivity index (χ1n) is 3.85. The highest BCUT2D eigenvalue weighted by atomic mass is 79.9. The Morgan fingerprint density at radius 3 is 2.73 bits per heavy atom. The molecule has 1 heterocycles. The molecule has 0 amide bonds. The van der Waals surface area contributed by atoms with Crippen molar-refractivity contribution in [2.45, 2.75) is 4.90 Å². The lowest BCUT2D eigenvalue weighted by atomic mass is 10.5. The molecule has 1 rings (SSSR count). The van der Waals surface area contributed by atoms with Crippen LogP contribution in [0.25, 0.3) is 0 Å². The Kier molecular flexibility index (Phi) is 4.45. The van der Waals surface area contributed by atoms with Crippen molar-refractivity contribution in [2.24, 2.45) is 0 Å². The standard InChI is InChI=1S/C8H8Br2N2O2S/c1-6(9)3-12-15(13,14)8-2-7(10)4-11-5-8/h2,4-5,12H,1,3H2. The van der Waals surface area contributed by atoms with Crippen LogP contribution in [0.4, 0.5) is 0 Å². The van der Waals surface area contributed by atoms with Gasteiger partial charge in [0.25, 0.3) is 0 Å². The molecule has 1 aromatic heterocycles. The summed E-state index contributed by atoms with van der Waals surface area (Å²) >= 11 is 6.22. The van der Waals surface area contributed by atoms with Crippen molar-refractivity contribution in [3.63, 3.8) is 0 Å². The number of hydrogen-bond donors (Lipinski definition) is 1. The summed E-state index contributed by atoms with van der Waals surface area (Å²) in [6.45, 7) is 3.68. The first kappa shape index (κ1) is 12.8. The molecule has 0 unspecified atom stereocenters. The molecule has 1 aromatic rings. The number of nitrogens with one attached hydrogen (secondary N) is 1. The van der Waals surface area contributed by atoms with E-state index in [0.29, 0.717) is 8.96 Å². The zero-order chi connectivity index (χ0) is 11.5. The van der Waals surface area contributed by atoms with Gasteiger partial charge in [-0.05, 0) is 22.0 Å². The molecule has 0 spiro atoms. The Labute approximate surface area is 105 Å². The molecule has 0 atom stereocenters. The minimum absolute atomic E-state index is 0.116. The molecule has 0 saturated heterocycles. The average molecular weight is 356 g/mol. The molecule has 0 radical (unpaired) electrons. The molecule has 82 valence electrons. The largest absolute Gasteiger partial charge is 0.262 e. The van der Waals surface area contributed by atoms with Crippen LogP contribution in [0.15, 0.2) is 38.9 Å². The van der Waals surface area contributed by atoms with E-state index in [4.69, 9.17) is 0 Å². The molecule has 0 aromatic carbocycles. The van der Waals surface area contributed by atoms with E-state index in [-0.39, 0.29) is 11.4 Å². The van der Waals surface area contributed by atoms with Gasteiger partial charge in [0.05, 0.1) is 0 Å². The zero-order valence-electron chi connectivity index (χ0n) is 7.57. The van der Waals surface area contributed by atoms with E-state index in [1.54, 1.807) is 0 Å². The Morgan fingerprint density at radius 2 is 2.20 bits per heavy atom. The van der Waals surface area contributed by atoms with Crippen molar-refractivity contribution >= 4 is 41.9 Å². The molecule has 15 heavy (non-hydrogen) atoms. The van der Waals surface area contributed by atoms with Gasteiger partial charge in [-0.1, -0.05) is 22.5 Å². The lowest BCUT2D eigenvalue weighted by Crippen LogP contribution is -2.24. The summed E-state index contributed by atoms with van der Waals surface area (Å²) in [5, 5.41) is 0. The SMILES string of the molecule is C=C(Br)CNS(=O)(=O)c1cncc(Br)c1. The Balaban J connectivity index is 2.91. The van der Waals surface area contributed by atoms with E-state index in [1.807, 2.05) is 0 Å². The molecule has 0 aliphatic heterocycles. The van der Waals surface area contributed by atoms with Crippen LogP contribution in [0.2, 0.25) is 0 Å². The third-order valence-corrected chi connectivity index (χ3v) is 3.53. The molecule has 7 heteroatoms. The van der Waals surface area contributed by atoms with Crippen molar-refractivity contribution < 1.29 is 8.42 Å². The summed E-state index contributed by atoms with van der Waals surface area (Å²) in [5.41, 5.74) is 0. The van der Waals surface area contributed by atoms with Gasteiger partial charge in [-0.2, -0.15) is 0 Å². The molecule has 0 bridgehead atoms. The van der Waals surface area contributed by atoms with Crippen LogP contribution >= 0.6 is 31.9 Å². The van der Waals surface area contributed by atoms with Gasteiger partial charge >= 0.3 is 0 Å². The van der Waals surface area contributed by atoms with E-state index in [0.717, 1.165) is 0 Å². The normalized spacial score (nSPS) is 11.3. The number of halogens is 2. The van der Waals surface area contributed by atoms with Crippen molar-refractivity contribution in [3.8, 4) is 0 Å². The van der Waals surface area contributed by atoms with Crippen LogP contribution in [0.3, 0.4) is 0 Å². The van der Waals surface area contributed by atoms with Gasteiger partial charge < -0.3 is 0 Å². The van der Waals surface area contributed by atoms with Gasteiger partial charge in [0, 0.05) is 27.9 Å². The van der Waals surface area contributed by atoms with Crippen LogP contribution < -0.4 is 4.72 Å². The van der Waals surface area contributed by atoms with Crippen molar-refractivity contribution in [2.75, 3.05) is 6.54 Å². The number of aromatic nitrogens is 1. The molecule has 1 N–H and O–H groups in total. The van der Waals surface area contributed by atoms with Crippen molar-refractivity contribution in [3.05, 3.63) is 34.0 Å². The summed E-state index contributed by atoms with van der Waals surface area (Å²) in [6, 6.07) is 1.48. The van der Waals surface area contributed by atoms with E-state index in [9.17, 15) is 8.42 Å². The zero-order valence-corrected chi connectivity index (χ0v) is 11.6. The fraction of sp³-hybridized carbons (Fsp3) is 0.125. The quantitative estimate of drug-likeness (QED) is 0.898. The number of nitrogens with zero attached hydrogens (tertiary/aromatic N) is 1. The second-order valence-corrected chi connectivity index (χ2v) is 6.48. The van der Waals surface area contributed by atoms with Gasteiger partial charge in [0.15, 0.2) is 0 Å².